The molecule has 0 aliphatic heterocycles. The van der Waals surface area contributed by atoms with E-state index in [1.165, 1.54) is 83.5 Å². The van der Waals surface area contributed by atoms with Crippen molar-refractivity contribution in [2.45, 2.75) is 129 Å². The molecular weight excluding hydrogens is 325 g/mol. The van der Waals surface area contributed by atoms with Crippen LogP contribution in [0.25, 0.3) is 0 Å². The van der Waals surface area contributed by atoms with E-state index in [0.29, 0.717) is 12.8 Å². The lowest BCUT2D eigenvalue weighted by molar-refractivity contribution is -0.168. The van der Waals surface area contributed by atoms with E-state index >= 15 is 0 Å². The summed E-state index contributed by atoms with van der Waals surface area (Å²) < 4.78 is 4.84. The Balaban J connectivity index is 0. The van der Waals surface area contributed by atoms with E-state index in [1.807, 2.05) is 0 Å². The van der Waals surface area contributed by atoms with Gasteiger partial charge in [0.1, 0.15) is 0 Å². The minimum Gasteiger partial charge on any atom is -0.436 e. The number of aliphatic hydroxyl groups is 1. The van der Waals surface area contributed by atoms with Gasteiger partial charge in [-0.1, -0.05) is 104 Å². The zero-order valence-electron chi connectivity index (χ0n) is 16.4. The molecule has 1 N–H and O–H groups in total. The summed E-state index contributed by atoms with van der Waals surface area (Å²) in [5.74, 6) is -0.265. The molecule has 0 saturated heterocycles. The quantitative estimate of drug-likeness (QED) is 0.148. The van der Waals surface area contributed by atoms with Crippen LogP contribution in [0.3, 0.4) is 0 Å². The fraction of sp³-hybridized carbons (Fsp3) is 0.952. The second kappa shape index (κ2) is 22.2. The summed E-state index contributed by atoms with van der Waals surface area (Å²) in [5, 5.41) is 9.21. The molecule has 0 saturated carbocycles. The topological polar surface area (TPSA) is 46.5 Å². The summed E-state index contributed by atoms with van der Waals surface area (Å²) in [6.07, 6.45) is 19.8. The van der Waals surface area contributed by atoms with Crippen LogP contribution in [-0.4, -0.2) is 40.4 Å². The van der Waals surface area contributed by atoms with E-state index in [4.69, 9.17) is 4.74 Å². The molecule has 3 nitrogen and oxygen atoms in total. The normalized spacial score (nSPS) is 11.8. The number of aliphatic hydroxyl groups excluding tert-OH is 1. The van der Waals surface area contributed by atoms with Crippen molar-refractivity contribution in [3.8, 4) is 0 Å². The Morgan fingerprint density at radius 1 is 0.720 bits per heavy atom. The van der Waals surface area contributed by atoms with Gasteiger partial charge in [-0.05, 0) is 6.42 Å². The van der Waals surface area contributed by atoms with Gasteiger partial charge in [-0.2, -0.15) is 0 Å². The fourth-order valence-corrected chi connectivity index (χ4v) is 2.93. The molecule has 0 aliphatic rings. The van der Waals surface area contributed by atoms with Gasteiger partial charge in [0.2, 0.25) is 0 Å². The minimum absolute atomic E-state index is 0. The van der Waals surface area contributed by atoms with Crippen molar-refractivity contribution in [3.05, 3.63) is 0 Å². The molecule has 0 radical (unpaired) electrons. The number of carbonyl (C=O) groups excluding carboxylic acids is 1. The maximum Gasteiger partial charge on any atom is 0.316 e. The second-order valence-electron chi connectivity index (χ2n) is 7.05. The molecule has 0 fully saturated rings. The van der Waals surface area contributed by atoms with Crippen LogP contribution in [0.4, 0.5) is 0 Å². The third-order valence-corrected chi connectivity index (χ3v) is 4.60. The summed E-state index contributed by atoms with van der Waals surface area (Å²) in [6.45, 7) is 4.07. The highest BCUT2D eigenvalue weighted by atomic mass is 24.3. The molecule has 1 atom stereocenters. The molecule has 1 unspecified atom stereocenters. The highest BCUT2D eigenvalue weighted by molar-refractivity contribution is 5.75. The van der Waals surface area contributed by atoms with Crippen molar-refractivity contribution < 1.29 is 14.6 Å². The van der Waals surface area contributed by atoms with Gasteiger partial charge in [0.05, 0.1) is 0 Å². The van der Waals surface area contributed by atoms with Gasteiger partial charge in [-0.3, -0.25) is 4.79 Å². The monoisotopic (exact) mass is 368 g/mol. The van der Waals surface area contributed by atoms with E-state index < -0.39 is 6.29 Å². The van der Waals surface area contributed by atoms with Crippen molar-refractivity contribution >= 4 is 29.0 Å². The molecule has 0 aromatic carbocycles. The van der Waals surface area contributed by atoms with Crippen molar-refractivity contribution in [2.75, 3.05) is 0 Å². The van der Waals surface area contributed by atoms with Crippen LogP contribution in [0, 0.1) is 0 Å². The fourth-order valence-electron chi connectivity index (χ4n) is 2.93. The summed E-state index contributed by atoms with van der Waals surface area (Å²) in [4.78, 5) is 11.4. The zero-order valence-corrected chi connectivity index (χ0v) is 16.4. The Bertz CT molecular complexity index is 272. The first-order chi connectivity index (χ1) is 11.7. The van der Waals surface area contributed by atoms with Crippen molar-refractivity contribution in [3.63, 3.8) is 0 Å². The predicted octanol–water partition coefficient (Wildman–Crippen LogP) is 5.60. The van der Waals surface area contributed by atoms with E-state index in [1.54, 1.807) is 6.92 Å². The summed E-state index contributed by atoms with van der Waals surface area (Å²) in [7, 11) is 0. The van der Waals surface area contributed by atoms with Crippen molar-refractivity contribution in [1.29, 1.82) is 0 Å². The van der Waals surface area contributed by atoms with Gasteiger partial charge in [-0.25, -0.2) is 0 Å². The van der Waals surface area contributed by atoms with Gasteiger partial charge >= 0.3 is 29.0 Å². The minimum atomic E-state index is -0.922. The van der Waals surface area contributed by atoms with Crippen LogP contribution in [0.5, 0.6) is 0 Å². The second-order valence-corrected chi connectivity index (χ2v) is 7.05. The van der Waals surface area contributed by atoms with Gasteiger partial charge < -0.3 is 9.84 Å². The molecule has 0 aliphatic carbocycles. The molecular formula is C21H44MgO3. The number of hydrogen-bond donors (Lipinski definition) is 1. The van der Waals surface area contributed by atoms with Gasteiger partial charge in [0.15, 0.2) is 6.29 Å². The third-order valence-electron chi connectivity index (χ3n) is 4.60. The van der Waals surface area contributed by atoms with E-state index in [-0.39, 0.29) is 29.0 Å². The van der Waals surface area contributed by atoms with Crippen LogP contribution in [0.15, 0.2) is 0 Å². The summed E-state index contributed by atoms with van der Waals surface area (Å²) in [5.41, 5.74) is 0. The maximum absolute atomic E-state index is 11.4. The Morgan fingerprint density at radius 3 is 1.44 bits per heavy atom. The zero-order chi connectivity index (χ0) is 17.9. The number of esters is 1. The molecule has 0 aromatic rings. The predicted molar refractivity (Wildman–Crippen MR) is 110 cm³/mol. The van der Waals surface area contributed by atoms with Gasteiger partial charge in [0, 0.05) is 12.8 Å². The first-order valence-electron chi connectivity index (χ1n) is 10.6. The van der Waals surface area contributed by atoms with Gasteiger partial charge in [0.25, 0.3) is 0 Å². The Labute approximate surface area is 172 Å². The number of hydrogen-bond acceptors (Lipinski definition) is 3. The van der Waals surface area contributed by atoms with E-state index in [0.717, 1.165) is 12.8 Å². The number of rotatable bonds is 18. The van der Waals surface area contributed by atoms with Crippen LogP contribution < -0.4 is 0 Å². The SMILES string of the molecule is CCCCCCCCCCCCCCCCCC(=O)OC(O)CC.[MgH2]. The average Bonchev–Trinajstić information content (AvgIpc) is 2.58. The molecule has 0 aromatic heterocycles. The van der Waals surface area contributed by atoms with E-state index in [2.05, 4.69) is 6.92 Å². The Hall–Kier alpha value is 0.196. The van der Waals surface area contributed by atoms with Gasteiger partial charge in [-0.15, -0.1) is 0 Å². The first kappa shape index (κ1) is 27.4. The summed E-state index contributed by atoms with van der Waals surface area (Å²) >= 11 is 0. The Morgan fingerprint density at radius 2 is 1.08 bits per heavy atom. The smallest absolute Gasteiger partial charge is 0.316 e. The lowest BCUT2D eigenvalue weighted by Gasteiger charge is -2.09. The molecule has 0 spiro atoms. The Kier molecular flexibility index (Phi) is 24.4. The number of carbonyl (C=O) groups is 1. The van der Waals surface area contributed by atoms with Crippen LogP contribution in [0.2, 0.25) is 0 Å². The molecule has 0 amide bonds. The van der Waals surface area contributed by atoms with Crippen molar-refractivity contribution in [2.24, 2.45) is 0 Å². The van der Waals surface area contributed by atoms with Crippen LogP contribution in [0.1, 0.15) is 123 Å². The maximum atomic E-state index is 11.4. The van der Waals surface area contributed by atoms with Crippen LogP contribution >= 0.6 is 0 Å². The highest BCUT2D eigenvalue weighted by Gasteiger charge is 2.07. The first-order valence-corrected chi connectivity index (χ1v) is 10.6. The third kappa shape index (κ3) is 22.2. The highest BCUT2D eigenvalue weighted by Crippen LogP contribution is 2.13. The standard InChI is InChI=1S/C21H42O3.Mg.2H/c1-3-5-6-7-8-9-10-11-12-13-14-15-16-17-18-19-21(23)24-20(22)4-2;;;/h20,22H,3-19H2,1-2H3;;;. The molecule has 4 heteroatoms. The lowest BCUT2D eigenvalue weighted by Crippen LogP contribution is -2.16. The van der Waals surface area contributed by atoms with Crippen LogP contribution in [-0.2, 0) is 9.53 Å². The largest absolute Gasteiger partial charge is 0.436 e. The average molecular weight is 369 g/mol. The summed E-state index contributed by atoms with van der Waals surface area (Å²) in [6, 6.07) is 0. The lowest BCUT2D eigenvalue weighted by atomic mass is 10.0. The molecule has 0 rings (SSSR count). The number of unbranched alkanes of at least 4 members (excludes halogenated alkanes) is 14. The van der Waals surface area contributed by atoms with Crippen molar-refractivity contribution in [1.82, 2.24) is 0 Å². The molecule has 25 heavy (non-hydrogen) atoms. The molecule has 0 bridgehead atoms. The molecule has 148 valence electrons. The molecule has 0 heterocycles. The van der Waals surface area contributed by atoms with E-state index in [9.17, 15) is 9.90 Å². The number of ether oxygens (including phenoxy) is 1.